The van der Waals surface area contributed by atoms with Gasteiger partial charge in [0.1, 0.15) is 0 Å². The van der Waals surface area contributed by atoms with Crippen molar-refractivity contribution in [3.63, 3.8) is 0 Å². The molecule has 114 valence electrons. The maximum atomic E-state index is 4.24. The summed E-state index contributed by atoms with van der Waals surface area (Å²) in [7, 11) is 1.91. The number of hydrogen-bond acceptors (Lipinski definition) is 3. The molecule has 0 radical (unpaired) electrons. The maximum absolute atomic E-state index is 4.24. The van der Waals surface area contributed by atoms with Gasteiger partial charge in [-0.15, -0.1) is 5.10 Å². The van der Waals surface area contributed by atoms with Crippen LogP contribution < -0.4 is 5.32 Å². The quantitative estimate of drug-likeness (QED) is 0.919. The summed E-state index contributed by atoms with van der Waals surface area (Å²) in [4.78, 5) is 0. The number of nitrogens with zero attached hydrogens (tertiary/aromatic N) is 3. The minimum atomic E-state index is 0.114. The molecule has 0 aliphatic carbocycles. The lowest BCUT2D eigenvalue weighted by molar-refractivity contribution is 0.403. The maximum Gasteiger partial charge on any atom is 0.0833 e. The fourth-order valence-electron chi connectivity index (χ4n) is 2.51. The van der Waals surface area contributed by atoms with Crippen molar-refractivity contribution in [2.24, 2.45) is 7.05 Å². The number of hydrogen-bond donors (Lipinski definition) is 1. The van der Waals surface area contributed by atoms with Gasteiger partial charge in [0, 0.05) is 37.7 Å². The Bertz CT molecular complexity index is 580. The van der Waals surface area contributed by atoms with E-state index in [1.807, 2.05) is 13.2 Å². The monoisotopic (exact) mass is 286 g/mol. The molecule has 4 nitrogen and oxygen atoms in total. The molecule has 1 aromatic carbocycles. The van der Waals surface area contributed by atoms with E-state index in [1.54, 1.807) is 4.68 Å². The molecule has 2 rings (SSSR count). The van der Waals surface area contributed by atoms with E-state index in [4.69, 9.17) is 0 Å². The molecule has 1 heterocycles. The van der Waals surface area contributed by atoms with E-state index in [1.165, 1.54) is 11.1 Å². The zero-order valence-corrected chi connectivity index (χ0v) is 13.7. The fourth-order valence-corrected chi connectivity index (χ4v) is 2.51. The minimum Gasteiger partial charge on any atom is -0.311 e. The Balaban J connectivity index is 2.19. The molecule has 1 atom stereocenters. The molecule has 0 aliphatic rings. The van der Waals surface area contributed by atoms with E-state index in [9.17, 15) is 0 Å². The molecule has 0 bridgehead atoms. The van der Waals surface area contributed by atoms with E-state index in [0.29, 0.717) is 5.92 Å². The van der Waals surface area contributed by atoms with Gasteiger partial charge in [0.2, 0.25) is 0 Å². The van der Waals surface area contributed by atoms with Gasteiger partial charge in [-0.05, 0) is 38.8 Å². The number of aryl methyl sites for hydroxylation is 2. The molecule has 2 aromatic rings. The average molecular weight is 286 g/mol. The van der Waals surface area contributed by atoms with Crippen LogP contribution >= 0.6 is 0 Å². The van der Waals surface area contributed by atoms with E-state index in [-0.39, 0.29) is 5.54 Å². The van der Waals surface area contributed by atoms with Crippen LogP contribution in [0.3, 0.4) is 0 Å². The third-order valence-electron chi connectivity index (χ3n) is 3.61. The second-order valence-corrected chi connectivity index (χ2v) is 6.77. The first-order chi connectivity index (χ1) is 9.85. The first kappa shape index (κ1) is 15.7. The molecule has 0 saturated heterocycles. The van der Waals surface area contributed by atoms with Crippen LogP contribution in [0.5, 0.6) is 0 Å². The standard InChI is InChI=1S/C17H26N4/c1-13-8-6-7-9-16(13)14(11-18-17(2,3)4)10-15-12-21(5)20-19-15/h6-9,12,14,18H,10-11H2,1-5H3. The second kappa shape index (κ2) is 6.39. The lowest BCUT2D eigenvalue weighted by Crippen LogP contribution is -2.39. The SMILES string of the molecule is Cc1ccccc1C(CNC(C)(C)C)Cc1cn(C)nn1. The van der Waals surface area contributed by atoms with Crippen LogP contribution in [-0.2, 0) is 13.5 Å². The minimum absolute atomic E-state index is 0.114. The summed E-state index contributed by atoms with van der Waals surface area (Å²) in [6, 6.07) is 8.61. The van der Waals surface area contributed by atoms with Crippen LogP contribution in [0.2, 0.25) is 0 Å². The molecular formula is C17H26N4. The molecule has 1 aromatic heterocycles. The topological polar surface area (TPSA) is 42.7 Å². The summed E-state index contributed by atoms with van der Waals surface area (Å²) >= 11 is 0. The Kier molecular flexibility index (Phi) is 4.78. The van der Waals surface area contributed by atoms with Gasteiger partial charge < -0.3 is 5.32 Å². The van der Waals surface area contributed by atoms with E-state index in [0.717, 1.165) is 18.7 Å². The number of benzene rings is 1. The highest BCUT2D eigenvalue weighted by molar-refractivity contribution is 5.30. The Morgan fingerprint density at radius 2 is 1.95 bits per heavy atom. The summed E-state index contributed by atoms with van der Waals surface area (Å²) in [6.07, 6.45) is 2.91. The summed E-state index contributed by atoms with van der Waals surface area (Å²) in [5.41, 5.74) is 3.88. The molecular weight excluding hydrogens is 260 g/mol. The van der Waals surface area contributed by atoms with Crippen LogP contribution in [0.4, 0.5) is 0 Å². The van der Waals surface area contributed by atoms with E-state index in [2.05, 4.69) is 67.6 Å². The molecule has 0 spiro atoms. The van der Waals surface area contributed by atoms with Crippen molar-refractivity contribution in [1.82, 2.24) is 20.3 Å². The Morgan fingerprint density at radius 3 is 2.52 bits per heavy atom. The normalized spacial score (nSPS) is 13.4. The Morgan fingerprint density at radius 1 is 1.24 bits per heavy atom. The van der Waals surface area contributed by atoms with E-state index < -0.39 is 0 Å². The Hall–Kier alpha value is -1.68. The zero-order valence-electron chi connectivity index (χ0n) is 13.7. The van der Waals surface area contributed by atoms with Gasteiger partial charge in [0.15, 0.2) is 0 Å². The van der Waals surface area contributed by atoms with Crippen LogP contribution in [0.15, 0.2) is 30.5 Å². The lowest BCUT2D eigenvalue weighted by atomic mass is 9.90. The molecule has 0 saturated carbocycles. The van der Waals surface area contributed by atoms with Gasteiger partial charge >= 0.3 is 0 Å². The third-order valence-corrected chi connectivity index (χ3v) is 3.61. The van der Waals surface area contributed by atoms with Gasteiger partial charge in [-0.3, -0.25) is 4.68 Å². The number of aromatic nitrogens is 3. The lowest BCUT2D eigenvalue weighted by Gasteiger charge is -2.26. The highest BCUT2D eigenvalue weighted by Crippen LogP contribution is 2.23. The van der Waals surface area contributed by atoms with Crippen molar-refractivity contribution in [1.29, 1.82) is 0 Å². The zero-order chi connectivity index (χ0) is 15.5. The van der Waals surface area contributed by atoms with Gasteiger partial charge in [0.25, 0.3) is 0 Å². The second-order valence-electron chi connectivity index (χ2n) is 6.77. The molecule has 21 heavy (non-hydrogen) atoms. The van der Waals surface area contributed by atoms with Crippen molar-refractivity contribution >= 4 is 0 Å². The average Bonchev–Trinajstić information content (AvgIpc) is 2.80. The highest BCUT2D eigenvalue weighted by Gasteiger charge is 2.19. The largest absolute Gasteiger partial charge is 0.311 e. The molecule has 4 heteroatoms. The fraction of sp³-hybridized carbons (Fsp3) is 0.529. The van der Waals surface area contributed by atoms with Crippen LogP contribution in [0.25, 0.3) is 0 Å². The van der Waals surface area contributed by atoms with Gasteiger partial charge in [-0.25, -0.2) is 0 Å². The predicted molar refractivity (Wildman–Crippen MR) is 86.4 cm³/mol. The third kappa shape index (κ3) is 4.67. The smallest absolute Gasteiger partial charge is 0.0833 e. The summed E-state index contributed by atoms with van der Waals surface area (Å²) in [6.45, 7) is 9.71. The van der Waals surface area contributed by atoms with Gasteiger partial charge in [-0.1, -0.05) is 29.5 Å². The molecule has 1 unspecified atom stereocenters. The first-order valence-corrected chi connectivity index (χ1v) is 7.51. The molecule has 0 amide bonds. The summed E-state index contributed by atoms with van der Waals surface area (Å²) in [5.74, 6) is 0.405. The predicted octanol–water partition coefficient (Wildman–Crippen LogP) is 2.84. The van der Waals surface area contributed by atoms with E-state index >= 15 is 0 Å². The Labute approximate surface area is 127 Å². The van der Waals surface area contributed by atoms with Crippen molar-refractivity contribution in [3.05, 3.63) is 47.3 Å². The summed E-state index contributed by atoms with van der Waals surface area (Å²) in [5, 5.41) is 11.9. The molecule has 0 aliphatic heterocycles. The molecule has 1 N–H and O–H groups in total. The van der Waals surface area contributed by atoms with Crippen molar-refractivity contribution in [3.8, 4) is 0 Å². The highest BCUT2D eigenvalue weighted by atomic mass is 15.4. The number of nitrogens with one attached hydrogen (secondary N) is 1. The molecule has 0 fully saturated rings. The van der Waals surface area contributed by atoms with Crippen molar-refractivity contribution in [2.75, 3.05) is 6.54 Å². The van der Waals surface area contributed by atoms with Gasteiger partial charge in [-0.2, -0.15) is 0 Å². The van der Waals surface area contributed by atoms with Gasteiger partial charge in [0.05, 0.1) is 5.69 Å². The number of rotatable bonds is 5. The van der Waals surface area contributed by atoms with Crippen LogP contribution in [-0.4, -0.2) is 27.1 Å². The van der Waals surface area contributed by atoms with Crippen molar-refractivity contribution < 1.29 is 0 Å². The van der Waals surface area contributed by atoms with Crippen molar-refractivity contribution in [2.45, 2.75) is 45.6 Å². The first-order valence-electron chi connectivity index (χ1n) is 7.51. The van der Waals surface area contributed by atoms with Crippen LogP contribution in [0, 0.1) is 6.92 Å². The summed E-state index contributed by atoms with van der Waals surface area (Å²) < 4.78 is 1.77. The van der Waals surface area contributed by atoms with Crippen LogP contribution in [0.1, 0.15) is 43.5 Å².